The van der Waals surface area contributed by atoms with E-state index in [0.29, 0.717) is 44.4 Å². The topological polar surface area (TPSA) is 102 Å². The van der Waals surface area contributed by atoms with Gasteiger partial charge in [0, 0.05) is 37.7 Å². The predicted molar refractivity (Wildman–Crippen MR) is 115 cm³/mol. The second-order valence-corrected chi connectivity index (χ2v) is 10.9. The number of nitrogens with one attached hydrogen (secondary N) is 1. The van der Waals surface area contributed by atoms with Crippen molar-refractivity contribution in [2.24, 2.45) is 5.92 Å². The SMILES string of the molecule is CCCn1c(=O)oc2cc(S(=O)(=O)N3CCC(CC(=O)NC(C)(C)C)CC3)ccc21. The molecule has 2 aromatic rings. The van der Waals surface area contributed by atoms with Crippen LogP contribution in [-0.2, 0) is 21.4 Å². The monoisotopic (exact) mass is 437 g/mol. The molecule has 1 aliphatic rings. The number of amides is 1. The molecule has 1 aromatic carbocycles. The van der Waals surface area contributed by atoms with Crippen molar-refractivity contribution in [1.29, 1.82) is 0 Å². The van der Waals surface area contributed by atoms with Gasteiger partial charge in [-0.05, 0) is 58.1 Å². The Morgan fingerprint density at radius 3 is 2.50 bits per heavy atom. The van der Waals surface area contributed by atoms with Crippen molar-refractivity contribution >= 4 is 27.0 Å². The summed E-state index contributed by atoms with van der Waals surface area (Å²) in [6, 6.07) is 4.59. The maximum Gasteiger partial charge on any atom is 0.419 e. The van der Waals surface area contributed by atoms with Crippen LogP contribution in [-0.4, -0.2) is 41.8 Å². The standard InChI is InChI=1S/C21H31N3O5S/c1-5-10-24-17-7-6-16(14-18(17)29-20(24)26)30(27,28)23-11-8-15(9-12-23)13-19(25)22-21(2,3)4/h6-7,14-15H,5,8-13H2,1-4H3,(H,22,25). The van der Waals surface area contributed by atoms with Crippen molar-refractivity contribution in [2.45, 2.75) is 70.4 Å². The Morgan fingerprint density at radius 1 is 1.23 bits per heavy atom. The molecule has 0 radical (unpaired) electrons. The van der Waals surface area contributed by atoms with E-state index in [9.17, 15) is 18.0 Å². The average molecular weight is 438 g/mol. The first-order chi connectivity index (χ1) is 14.0. The van der Waals surface area contributed by atoms with Crippen molar-refractivity contribution in [3.63, 3.8) is 0 Å². The summed E-state index contributed by atoms with van der Waals surface area (Å²) in [4.78, 5) is 24.3. The van der Waals surface area contributed by atoms with Gasteiger partial charge in [-0.3, -0.25) is 9.36 Å². The smallest absolute Gasteiger partial charge is 0.408 e. The third-order valence-electron chi connectivity index (χ3n) is 5.29. The molecule has 1 aliphatic heterocycles. The molecule has 0 atom stereocenters. The number of sulfonamides is 1. The van der Waals surface area contributed by atoms with Crippen LogP contribution in [0.2, 0.25) is 0 Å². The van der Waals surface area contributed by atoms with E-state index in [2.05, 4.69) is 5.32 Å². The zero-order valence-corrected chi connectivity index (χ0v) is 18.9. The molecule has 1 amide bonds. The first kappa shape index (κ1) is 22.6. The lowest BCUT2D eigenvalue weighted by atomic mass is 9.94. The van der Waals surface area contributed by atoms with Crippen molar-refractivity contribution in [3.05, 3.63) is 28.7 Å². The zero-order chi connectivity index (χ0) is 22.1. The van der Waals surface area contributed by atoms with Gasteiger partial charge in [-0.15, -0.1) is 0 Å². The average Bonchev–Trinajstić information content (AvgIpc) is 2.95. The largest absolute Gasteiger partial charge is 0.419 e. The van der Waals surface area contributed by atoms with Crippen LogP contribution in [0.4, 0.5) is 0 Å². The highest BCUT2D eigenvalue weighted by molar-refractivity contribution is 7.89. The second kappa shape index (κ2) is 8.55. The van der Waals surface area contributed by atoms with Gasteiger partial charge in [-0.25, -0.2) is 13.2 Å². The Labute approximate surface area is 177 Å². The van der Waals surface area contributed by atoms with E-state index in [1.54, 1.807) is 6.07 Å². The number of oxazole rings is 1. The molecule has 0 aliphatic carbocycles. The van der Waals surface area contributed by atoms with Crippen LogP contribution in [0, 0.1) is 5.92 Å². The van der Waals surface area contributed by atoms with Crippen LogP contribution in [0.3, 0.4) is 0 Å². The van der Waals surface area contributed by atoms with E-state index in [-0.39, 0.29) is 27.8 Å². The molecule has 3 rings (SSSR count). The van der Waals surface area contributed by atoms with Gasteiger partial charge in [0.25, 0.3) is 0 Å². The summed E-state index contributed by atoms with van der Waals surface area (Å²) in [5.74, 6) is -0.306. The number of nitrogens with zero attached hydrogens (tertiary/aromatic N) is 2. The fraction of sp³-hybridized carbons (Fsp3) is 0.619. The number of benzene rings is 1. The molecule has 1 fully saturated rings. The molecular formula is C21H31N3O5S. The zero-order valence-electron chi connectivity index (χ0n) is 18.1. The molecule has 0 spiro atoms. The molecule has 1 N–H and O–H groups in total. The molecule has 166 valence electrons. The summed E-state index contributed by atoms with van der Waals surface area (Å²) in [6.45, 7) is 9.04. The Morgan fingerprint density at radius 2 is 1.90 bits per heavy atom. The lowest BCUT2D eigenvalue weighted by Crippen LogP contribution is -2.43. The van der Waals surface area contributed by atoms with Crippen molar-refractivity contribution in [2.75, 3.05) is 13.1 Å². The highest BCUT2D eigenvalue weighted by Crippen LogP contribution is 2.27. The third-order valence-corrected chi connectivity index (χ3v) is 7.18. The first-order valence-electron chi connectivity index (χ1n) is 10.5. The number of piperidine rings is 1. The minimum absolute atomic E-state index is 0.000814. The fourth-order valence-corrected chi connectivity index (χ4v) is 5.36. The van der Waals surface area contributed by atoms with E-state index < -0.39 is 15.8 Å². The van der Waals surface area contributed by atoms with E-state index in [1.165, 1.54) is 21.0 Å². The van der Waals surface area contributed by atoms with Crippen LogP contribution in [0.15, 0.2) is 32.3 Å². The quantitative estimate of drug-likeness (QED) is 0.749. The number of carbonyl (C=O) groups is 1. The highest BCUT2D eigenvalue weighted by Gasteiger charge is 2.31. The summed E-state index contributed by atoms with van der Waals surface area (Å²) in [5, 5.41) is 2.96. The number of fused-ring (bicyclic) bond motifs is 1. The fourth-order valence-electron chi connectivity index (χ4n) is 3.88. The molecule has 2 heterocycles. The van der Waals surface area contributed by atoms with Gasteiger partial charge >= 0.3 is 5.76 Å². The minimum atomic E-state index is -3.69. The van der Waals surface area contributed by atoms with Gasteiger partial charge in [-0.2, -0.15) is 4.31 Å². The molecule has 0 unspecified atom stereocenters. The maximum atomic E-state index is 13.1. The maximum absolute atomic E-state index is 13.1. The van der Waals surface area contributed by atoms with Gasteiger partial charge in [0.15, 0.2) is 5.58 Å². The number of aryl methyl sites for hydroxylation is 1. The van der Waals surface area contributed by atoms with Crippen molar-refractivity contribution < 1.29 is 17.6 Å². The Bertz CT molecular complexity index is 1070. The van der Waals surface area contributed by atoms with Crippen molar-refractivity contribution in [3.8, 4) is 0 Å². The van der Waals surface area contributed by atoms with Gasteiger partial charge in [-0.1, -0.05) is 6.92 Å². The summed E-state index contributed by atoms with van der Waals surface area (Å²) >= 11 is 0. The molecule has 9 heteroatoms. The van der Waals surface area contributed by atoms with Crippen LogP contribution in [0.25, 0.3) is 11.1 Å². The van der Waals surface area contributed by atoms with E-state index >= 15 is 0 Å². The van der Waals surface area contributed by atoms with E-state index in [0.717, 1.165) is 6.42 Å². The summed E-state index contributed by atoms with van der Waals surface area (Å²) < 4.78 is 34.4. The van der Waals surface area contributed by atoms with Gasteiger partial charge in [0.2, 0.25) is 15.9 Å². The lowest BCUT2D eigenvalue weighted by Gasteiger charge is -2.31. The van der Waals surface area contributed by atoms with Crippen LogP contribution >= 0.6 is 0 Å². The van der Waals surface area contributed by atoms with Gasteiger partial charge in [0.05, 0.1) is 10.4 Å². The number of carbonyl (C=O) groups excluding carboxylic acids is 1. The lowest BCUT2D eigenvalue weighted by molar-refractivity contribution is -0.123. The predicted octanol–water partition coefficient (Wildman–Crippen LogP) is 2.71. The number of hydrogen-bond acceptors (Lipinski definition) is 5. The van der Waals surface area contributed by atoms with E-state index in [4.69, 9.17) is 4.42 Å². The first-order valence-corrected chi connectivity index (χ1v) is 11.9. The highest BCUT2D eigenvalue weighted by atomic mass is 32.2. The molecule has 1 aromatic heterocycles. The van der Waals surface area contributed by atoms with Gasteiger partial charge < -0.3 is 9.73 Å². The Hall–Kier alpha value is -2.13. The van der Waals surface area contributed by atoms with Crippen LogP contribution < -0.4 is 11.1 Å². The van der Waals surface area contributed by atoms with Gasteiger partial charge in [0.1, 0.15) is 0 Å². The molecule has 30 heavy (non-hydrogen) atoms. The molecule has 8 nitrogen and oxygen atoms in total. The summed E-state index contributed by atoms with van der Waals surface area (Å²) in [7, 11) is -3.69. The summed E-state index contributed by atoms with van der Waals surface area (Å²) in [6.07, 6.45) is 2.46. The molecule has 0 saturated carbocycles. The number of rotatable bonds is 6. The molecule has 0 bridgehead atoms. The summed E-state index contributed by atoms with van der Waals surface area (Å²) in [5.41, 5.74) is 0.609. The molecular weight excluding hydrogens is 406 g/mol. The van der Waals surface area contributed by atoms with Crippen LogP contribution in [0.1, 0.15) is 53.4 Å². The normalized spacial score (nSPS) is 16.8. The number of hydrogen-bond donors (Lipinski definition) is 1. The minimum Gasteiger partial charge on any atom is -0.408 e. The third kappa shape index (κ3) is 4.95. The number of aromatic nitrogens is 1. The Balaban J connectivity index is 1.70. The Kier molecular flexibility index (Phi) is 6.43. The van der Waals surface area contributed by atoms with Crippen molar-refractivity contribution in [1.82, 2.24) is 14.2 Å². The van der Waals surface area contributed by atoms with E-state index in [1.807, 2.05) is 27.7 Å². The molecule has 1 saturated heterocycles. The second-order valence-electron chi connectivity index (χ2n) is 9.00. The van der Waals surface area contributed by atoms with Crippen LogP contribution in [0.5, 0.6) is 0 Å².